The lowest BCUT2D eigenvalue weighted by molar-refractivity contribution is 0.929. The molecule has 0 aliphatic carbocycles. The van der Waals surface area contributed by atoms with E-state index in [9.17, 15) is 0 Å². The van der Waals surface area contributed by atoms with Gasteiger partial charge in [0.2, 0.25) is 0 Å². The molecule has 13 heavy (non-hydrogen) atoms. The number of hydrogen-bond donors (Lipinski definition) is 0. The minimum absolute atomic E-state index is 0.916. The Bertz CT molecular complexity index is 251. The third-order valence-electron chi connectivity index (χ3n) is 2.02. The quantitative estimate of drug-likeness (QED) is 0.560. The number of aryl methyl sites for hydroxylation is 3. The molecule has 0 fully saturated rings. The van der Waals surface area contributed by atoms with Gasteiger partial charge in [-0.3, -0.25) is 0 Å². The molecule has 0 aliphatic heterocycles. The van der Waals surface area contributed by atoms with Gasteiger partial charge in [-0.2, -0.15) is 0 Å². The molecule has 0 saturated carbocycles. The highest BCUT2D eigenvalue weighted by Gasteiger charge is 1.95. The van der Waals surface area contributed by atoms with Gasteiger partial charge in [0, 0.05) is 0 Å². The Morgan fingerprint density at radius 3 is 2.31 bits per heavy atom. The molecule has 0 aliphatic rings. The summed E-state index contributed by atoms with van der Waals surface area (Å²) in [7, 11) is 0.916. The average molecular weight is 259 g/mol. The molecule has 0 aromatic heterocycles. The minimum Gasteiger partial charge on any atom is -0.0642 e. The predicted octanol–water partition coefficient (Wildman–Crippen LogP) is 4.22. The highest BCUT2D eigenvalue weighted by Crippen LogP contribution is 2.21. The topological polar surface area (TPSA) is 0 Å². The number of rotatable bonds is 4. The Morgan fingerprint density at radius 2 is 1.77 bits per heavy atom. The van der Waals surface area contributed by atoms with Crippen LogP contribution in [0, 0.1) is 13.8 Å². The standard InChI is InChI=1S/C11H16BrP/c1-9-6-10(2)8-11(7-9)4-3-5-13-12/h6-8,13H,3-5H2,1-2H3. The molecule has 1 unspecified atom stereocenters. The lowest BCUT2D eigenvalue weighted by Gasteiger charge is -2.03. The molecule has 0 radical (unpaired) electrons. The Balaban J connectivity index is 2.56. The Labute approximate surface area is 90.6 Å². The second-order valence-corrected chi connectivity index (χ2v) is 5.93. The van der Waals surface area contributed by atoms with E-state index in [1.54, 1.807) is 0 Å². The summed E-state index contributed by atoms with van der Waals surface area (Å²) in [5, 5.41) is 0. The van der Waals surface area contributed by atoms with E-state index in [4.69, 9.17) is 0 Å². The van der Waals surface area contributed by atoms with Crippen LogP contribution in [0.1, 0.15) is 23.1 Å². The molecule has 1 aromatic carbocycles. The van der Waals surface area contributed by atoms with Crippen molar-refractivity contribution in [3.8, 4) is 0 Å². The highest BCUT2D eigenvalue weighted by molar-refractivity contribution is 9.36. The first-order chi connectivity index (χ1) is 6.22. The van der Waals surface area contributed by atoms with Crippen molar-refractivity contribution in [3.63, 3.8) is 0 Å². The van der Waals surface area contributed by atoms with Crippen molar-refractivity contribution in [2.75, 3.05) is 6.16 Å². The van der Waals surface area contributed by atoms with Crippen molar-refractivity contribution < 1.29 is 0 Å². The summed E-state index contributed by atoms with van der Waals surface area (Å²) in [6.45, 7) is 4.34. The third-order valence-corrected chi connectivity index (χ3v) is 3.75. The van der Waals surface area contributed by atoms with Gasteiger partial charge in [0.05, 0.1) is 0 Å². The molecule has 2 heteroatoms. The zero-order valence-corrected chi connectivity index (χ0v) is 10.8. The van der Waals surface area contributed by atoms with Gasteiger partial charge in [-0.1, -0.05) is 52.1 Å². The smallest absolute Gasteiger partial charge is 0.0251 e. The zero-order chi connectivity index (χ0) is 9.68. The number of hydrogen-bond acceptors (Lipinski definition) is 0. The SMILES string of the molecule is Cc1cc(C)cc(CCCPBr)c1. The first-order valence-electron chi connectivity index (χ1n) is 4.63. The molecule has 1 rings (SSSR count). The van der Waals surface area contributed by atoms with Crippen molar-refractivity contribution in [1.29, 1.82) is 0 Å². The van der Waals surface area contributed by atoms with Gasteiger partial charge >= 0.3 is 0 Å². The molecule has 0 spiro atoms. The van der Waals surface area contributed by atoms with E-state index in [0.717, 1.165) is 7.28 Å². The van der Waals surface area contributed by atoms with Crippen molar-refractivity contribution in [1.82, 2.24) is 0 Å². The number of halogens is 1. The molecule has 0 N–H and O–H groups in total. The van der Waals surface area contributed by atoms with E-state index in [2.05, 4.69) is 47.5 Å². The summed E-state index contributed by atoms with van der Waals surface area (Å²) in [5.74, 6) is 0. The summed E-state index contributed by atoms with van der Waals surface area (Å²) in [6.07, 6.45) is 3.82. The van der Waals surface area contributed by atoms with Gasteiger partial charge in [-0.15, -0.1) is 0 Å². The Kier molecular flexibility index (Phi) is 4.98. The van der Waals surface area contributed by atoms with Gasteiger partial charge in [-0.25, -0.2) is 0 Å². The van der Waals surface area contributed by atoms with Crippen molar-refractivity contribution >= 4 is 22.8 Å². The fourth-order valence-corrected chi connectivity index (χ4v) is 2.72. The summed E-state index contributed by atoms with van der Waals surface area (Å²) >= 11 is 3.48. The zero-order valence-electron chi connectivity index (χ0n) is 8.23. The second-order valence-electron chi connectivity index (χ2n) is 3.48. The molecule has 1 aromatic rings. The number of benzene rings is 1. The summed E-state index contributed by atoms with van der Waals surface area (Å²) in [4.78, 5) is 0. The monoisotopic (exact) mass is 258 g/mol. The van der Waals surface area contributed by atoms with Crippen LogP contribution in [0.4, 0.5) is 0 Å². The molecule has 0 saturated heterocycles. The summed E-state index contributed by atoms with van der Waals surface area (Å²) in [5.41, 5.74) is 4.26. The van der Waals surface area contributed by atoms with Crippen LogP contribution in [0.25, 0.3) is 0 Å². The molecule has 0 nitrogen and oxygen atoms in total. The maximum absolute atomic E-state index is 3.48. The maximum atomic E-state index is 3.48. The van der Waals surface area contributed by atoms with Crippen molar-refractivity contribution in [2.45, 2.75) is 26.7 Å². The molecular weight excluding hydrogens is 243 g/mol. The molecule has 0 heterocycles. The minimum atomic E-state index is 0.916. The molecule has 72 valence electrons. The van der Waals surface area contributed by atoms with Gasteiger partial charge < -0.3 is 0 Å². The molecule has 1 atom stereocenters. The highest BCUT2D eigenvalue weighted by atomic mass is 79.9. The average Bonchev–Trinajstić information content (AvgIpc) is 2.03. The van der Waals surface area contributed by atoms with E-state index in [1.807, 2.05) is 0 Å². The fourth-order valence-electron chi connectivity index (χ4n) is 1.57. The van der Waals surface area contributed by atoms with Gasteiger partial charge in [0.25, 0.3) is 0 Å². The van der Waals surface area contributed by atoms with Crippen LogP contribution in [0.15, 0.2) is 18.2 Å². The summed E-state index contributed by atoms with van der Waals surface area (Å²) in [6, 6.07) is 6.82. The predicted molar refractivity (Wildman–Crippen MR) is 66.3 cm³/mol. The molecular formula is C11H16BrP. The largest absolute Gasteiger partial charge is 0.0642 e. The van der Waals surface area contributed by atoms with Gasteiger partial charge in [-0.05, 0) is 38.4 Å². The van der Waals surface area contributed by atoms with Crippen LogP contribution >= 0.6 is 22.8 Å². The second kappa shape index (κ2) is 5.78. The summed E-state index contributed by atoms with van der Waals surface area (Å²) < 4.78 is 0. The molecule has 0 bridgehead atoms. The van der Waals surface area contributed by atoms with Crippen LogP contribution in [-0.2, 0) is 6.42 Å². The van der Waals surface area contributed by atoms with Crippen LogP contribution in [0.5, 0.6) is 0 Å². The first-order valence-corrected chi connectivity index (χ1v) is 8.09. The normalized spacial score (nSPS) is 11.3. The lowest BCUT2D eigenvalue weighted by atomic mass is 10.0. The van der Waals surface area contributed by atoms with Crippen molar-refractivity contribution in [2.24, 2.45) is 0 Å². The maximum Gasteiger partial charge on any atom is -0.0251 e. The first kappa shape index (κ1) is 11.2. The fraction of sp³-hybridized carbons (Fsp3) is 0.455. The van der Waals surface area contributed by atoms with Gasteiger partial charge in [0.1, 0.15) is 0 Å². The molecule has 0 amide bonds. The van der Waals surface area contributed by atoms with Crippen LogP contribution in [0.2, 0.25) is 0 Å². The van der Waals surface area contributed by atoms with E-state index >= 15 is 0 Å². The van der Waals surface area contributed by atoms with E-state index in [-0.39, 0.29) is 0 Å². The van der Waals surface area contributed by atoms with E-state index in [0.29, 0.717) is 0 Å². The lowest BCUT2D eigenvalue weighted by Crippen LogP contribution is -1.88. The Morgan fingerprint density at radius 1 is 1.15 bits per heavy atom. The third kappa shape index (κ3) is 4.24. The van der Waals surface area contributed by atoms with E-state index in [1.165, 1.54) is 35.7 Å². The van der Waals surface area contributed by atoms with Crippen molar-refractivity contribution in [3.05, 3.63) is 34.9 Å². The Hall–Kier alpha value is 0.130. The van der Waals surface area contributed by atoms with E-state index < -0.39 is 0 Å². The van der Waals surface area contributed by atoms with Gasteiger partial charge in [0.15, 0.2) is 0 Å². The van der Waals surface area contributed by atoms with Crippen LogP contribution < -0.4 is 0 Å². The van der Waals surface area contributed by atoms with Crippen LogP contribution in [0.3, 0.4) is 0 Å². The van der Waals surface area contributed by atoms with Crippen LogP contribution in [-0.4, -0.2) is 6.16 Å².